The monoisotopic (exact) mass is 358 g/mol. The van der Waals surface area contributed by atoms with Gasteiger partial charge in [-0.05, 0) is 50.4 Å². The quantitative estimate of drug-likeness (QED) is 0.733. The first-order valence-electron chi connectivity index (χ1n) is 8.44. The summed E-state index contributed by atoms with van der Waals surface area (Å²) in [6.07, 6.45) is 7.16. The first kappa shape index (κ1) is 17.2. The number of fused-ring (bicyclic) bond motifs is 1. The van der Waals surface area contributed by atoms with E-state index < -0.39 is 10.0 Å². The van der Waals surface area contributed by atoms with E-state index in [1.807, 2.05) is 6.07 Å². The first-order chi connectivity index (χ1) is 11.0. The van der Waals surface area contributed by atoms with E-state index in [1.54, 1.807) is 15.6 Å². The molecule has 0 spiro atoms. The molecule has 3 rings (SSSR count). The molecule has 0 radical (unpaired) electrons. The molecule has 0 aromatic carbocycles. The second-order valence-electron chi connectivity index (χ2n) is 6.46. The Morgan fingerprint density at radius 1 is 1.22 bits per heavy atom. The van der Waals surface area contributed by atoms with Gasteiger partial charge in [0.15, 0.2) is 5.06 Å². The van der Waals surface area contributed by atoms with Gasteiger partial charge in [0.2, 0.25) is 10.0 Å². The van der Waals surface area contributed by atoms with Crippen molar-refractivity contribution in [3.63, 3.8) is 0 Å². The fourth-order valence-electron chi connectivity index (χ4n) is 3.28. The number of ether oxygens (including phenoxy) is 1. The largest absolute Gasteiger partial charge is 0.484 e. The number of nitrogens with zero attached hydrogens (tertiary/aromatic N) is 2. The van der Waals surface area contributed by atoms with Gasteiger partial charge < -0.3 is 9.64 Å². The van der Waals surface area contributed by atoms with Crippen LogP contribution in [0.4, 0.5) is 0 Å². The molecule has 0 amide bonds. The Labute approximate surface area is 143 Å². The van der Waals surface area contributed by atoms with Crippen LogP contribution in [-0.4, -0.2) is 56.7 Å². The minimum Gasteiger partial charge on any atom is -0.484 e. The van der Waals surface area contributed by atoms with Gasteiger partial charge in [0.1, 0.15) is 0 Å². The van der Waals surface area contributed by atoms with Gasteiger partial charge in [0.25, 0.3) is 0 Å². The number of piperidine rings is 1. The molecule has 0 saturated carbocycles. The Morgan fingerprint density at radius 3 is 2.74 bits per heavy atom. The SMILES string of the molecule is CS(=O)(=O)N1CCc2sc(OCCCN3CCCCC3)cc2C1. The van der Waals surface area contributed by atoms with Crippen molar-refractivity contribution in [1.82, 2.24) is 9.21 Å². The summed E-state index contributed by atoms with van der Waals surface area (Å²) in [6, 6.07) is 2.03. The average Bonchev–Trinajstić information content (AvgIpc) is 2.93. The molecule has 130 valence electrons. The summed E-state index contributed by atoms with van der Waals surface area (Å²) >= 11 is 1.68. The number of likely N-dealkylation sites (tertiary alicyclic amines) is 1. The molecule has 0 bridgehead atoms. The Morgan fingerprint density at radius 2 is 2.00 bits per heavy atom. The molecular formula is C16H26N2O3S2. The maximum Gasteiger partial charge on any atom is 0.211 e. The summed E-state index contributed by atoms with van der Waals surface area (Å²) in [5, 5.41) is 0.934. The van der Waals surface area contributed by atoms with Gasteiger partial charge in [-0.15, -0.1) is 11.3 Å². The zero-order valence-electron chi connectivity index (χ0n) is 13.8. The lowest BCUT2D eigenvalue weighted by Gasteiger charge is -2.26. The highest BCUT2D eigenvalue weighted by atomic mass is 32.2. The van der Waals surface area contributed by atoms with Crippen LogP contribution in [0.25, 0.3) is 0 Å². The van der Waals surface area contributed by atoms with E-state index in [0.29, 0.717) is 13.1 Å². The summed E-state index contributed by atoms with van der Waals surface area (Å²) in [5.41, 5.74) is 1.11. The Bertz CT molecular complexity index is 621. The van der Waals surface area contributed by atoms with Gasteiger partial charge in [-0.3, -0.25) is 0 Å². The van der Waals surface area contributed by atoms with Gasteiger partial charge in [0, 0.05) is 24.5 Å². The highest BCUT2D eigenvalue weighted by Crippen LogP contribution is 2.34. The summed E-state index contributed by atoms with van der Waals surface area (Å²) in [5.74, 6) is 0. The van der Waals surface area contributed by atoms with Gasteiger partial charge in [-0.1, -0.05) is 6.42 Å². The molecule has 3 heterocycles. The van der Waals surface area contributed by atoms with Crippen LogP contribution in [0.5, 0.6) is 5.06 Å². The molecule has 7 heteroatoms. The number of rotatable bonds is 6. The third-order valence-electron chi connectivity index (χ3n) is 4.59. The van der Waals surface area contributed by atoms with Crippen molar-refractivity contribution in [1.29, 1.82) is 0 Å². The normalized spacial score (nSPS) is 20.4. The molecular weight excluding hydrogens is 332 g/mol. The van der Waals surface area contributed by atoms with E-state index in [9.17, 15) is 8.42 Å². The lowest BCUT2D eigenvalue weighted by Crippen LogP contribution is -2.34. The number of sulfonamides is 1. The molecule has 23 heavy (non-hydrogen) atoms. The molecule has 1 aromatic heterocycles. The minimum absolute atomic E-state index is 0.488. The van der Waals surface area contributed by atoms with Gasteiger partial charge in [-0.25, -0.2) is 8.42 Å². The molecule has 5 nitrogen and oxygen atoms in total. The highest BCUT2D eigenvalue weighted by Gasteiger charge is 2.25. The minimum atomic E-state index is -3.10. The van der Waals surface area contributed by atoms with Crippen molar-refractivity contribution >= 4 is 21.4 Å². The van der Waals surface area contributed by atoms with Crippen LogP contribution < -0.4 is 4.74 Å². The second kappa shape index (κ2) is 7.51. The van der Waals surface area contributed by atoms with Crippen molar-refractivity contribution < 1.29 is 13.2 Å². The Balaban J connectivity index is 1.46. The van der Waals surface area contributed by atoms with Crippen molar-refractivity contribution in [2.45, 2.75) is 38.6 Å². The fourth-order valence-corrected chi connectivity index (χ4v) is 5.11. The Kier molecular flexibility index (Phi) is 5.61. The van der Waals surface area contributed by atoms with Gasteiger partial charge in [0.05, 0.1) is 12.9 Å². The van der Waals surface area contributed by atoms with E-state index in [-0.39, 0.29) is 0 Å². The molecule has 0 N–H and O–H groups in total. The standard InChI is InChI=1S/C16H26N2O3S2/c1-23(19,20)18-10-6-15-14(13-18)12-16(22-15)21-11-5-9-17-7-3-2-4-8-17/h12H,2-11,13H2,1H3. The molecule has 0 atom stereocenters. The van der Waals surface area contributed by atoms with Crippen molar-refractivity contribution in [2.75, 3.05) is 39.0 Å². The van der Waals surface area contributed by atoms with Crippen LogP contribution in [0.1, 0.15) is 36.1 Å². The summed E-state index contributed by atoms with van der Waals surface area (Å²) in [7, 11) is -3.10. The predicted octanol–water partition coefficient (Wildman–Crippen LogP) is 2.32. The molecule has 1 saturated heterocycles. The third kappa shape index (κ3) is 4.68. The van der Waals surface area contributed by atoms with E-state index in [1.165, 1.54) is 43.5 Å². The predicted molar refractivity (Wildman–Crippen MR) is 93.7 cm³/mol. The van der Waals surface area contributed by atoms with E-state index in [4.69, 9.17) is 4.74 Å². The van der Waals surface area contributed by atoms with Crippen molar-refractivity contribution in [2.24, 2.45) is 0 Å². The van der Waals surface area contributed by atoms with Crippen LogP contribution in [0.2, 0.25) is 0 Å². The molecule has 2 aliphatic heterocycles. The van der Waals surface area contributed by atoms with Crippen molar-refractivity contribution in [3.8, 4) is 5.06 Å². The molecule has 2 aliphatic rings. The van der Waals surface area contributed by atoms with E-state index >= 15 is 0 Å². The van der Waals surface area contributed by atoms with Crippen LogP contribution >= 0.6 is 11.3 Å². The van der Waals surface area contributed by atoms with Crippen molar-refractivity contribution in [3.05, 3.63) is 16.5 Å². The topological polar surface area (TPSA) is 49.9 Å². The van der Waals surface area contributed by atoms with Crippen LogP contribution in [0, 0.1) is 0 Å². The Hall–Kier alpha value is -0.630. The molecule has 1 aromatic rings. The van der Waals surface area contributed by atoms with Crippen LogP contribution in [0.3, 0.4) is 0 Å². The van der Waals surface area contributed by atoms with Crippen LogP contribution in [-0.2, 0) is 23.0 Å². The summed E-state index contributed by atoms with van der Waals surface area (Å²) in [4.78, 5) is 3.80. The average molecular weight is 359 g/mol. The zero-order valence-corrected chi connectivity index (χ0v) is 15.4. The van der Waals surface area contributed by atoms with E-state index in [2.05, 4.69) is 4.90 Å². The fraction of sp³-hybridized carbons (Fsp3) is 0.750. The highest BCUT2D eigenvalue weighted by molar-refractivity contribution is 7.88. The maximum absolute atomic E-state index is 11.7. The smallest absolute Gasteiger partial charge is 0.211 e. The zero-order chi connectivity index (χ0) is 16.3. The second-order valence-corrected chi connectivity index (χ2v) is 9.55. The number of hydrogen-bond donors (Lipinski definition) is 0. The lowest BCUT2D eigenvalue weighted by molar-refractivity contribution is 0.206. The molecule has 0 aliphatic carbocycles. The van der Waals surface area contributed by atoms with E-state index in [0.717, 1.165) is 36.6 Å². The lowest BCUT2D eigenvalue weighted by atomic mass is 10.1. The number of thiophene rings is 1. The van der Waals surface area contributed by atoms with Crippen LogP contribution in [0.15, 0.2) is 6.07 Å². The summed E-state index contributed by atoms with van der Waals surface area (Å²) < 4.78 is 30.8. The third-order valence-corrected chi connectivity index (χ3v) is 6.99. The molecule has 0 unspecified atom stereocenters. The van der Waals surface area contributed by atoms with Gasteiger partial charge >= 0.3 is 0 Å². The molecule has 1 fully saturated rings. The first-order valence-corrected chi connectivity index (χ1v) is 11.1. The number of hydrogen-bond acceptors (Lipinski definition) is 5. The van der Waals surface area contributed by atoms with Gasteiger partial charge in [-0.2, -0.15) is 4.31 Å². The maximum atomic E-state index is 11.7. The summed E-state index contributed by atoms with van der Waals surface area (Å²) in [6.45, 7) is 5.39.